The average molecular weight is 471 g/mol. The molecule has 0 saturated carbocycles. The van der Waals surface area contributed by atoms with Crippen molar-refractivity contribution in [3.8, 4) is 11.5 Å². The number of anilines is 4. The lowest BCUT2D eigenvalue weighted by Gasteiger charge is -2.17. The lowest BCUT2D eigenvalue weighted by molar-refractivity contribution is 0.279. The first-order valence-corrected chi connectivity index (χ1v) is 11.7. The molecule has 0 aliphatic heterocycles. The van der Waals surface area contributed by atoms with Crippen LogP contribution in [0.4, 0.5) is 22.7 Å². The molecule has 4 rings (SSSR count). The summed E-state index contributed by atoms with van der Waals surface area (Å²) in [6, 6.07) is 33.5. The molecule has 0 spiro atoms. The molecule has 0 saturated heterocycles. The summed E-state index contributed by atoms with van der Waals surface area (Å²) in [4.78, 5) is 0. The zero-order chi connectivity index (χ0) is 24.3. The summed E-state index contributed by atoms with van der Waals surface area (Å²) in [5, 5.41) is 22.9. The van der Waals surface area contributed by atoms with Crippen LogP contribution in [0.5, 0.6) is 11.5 Å². The zero-order valence-electron chi connectivity index (χ0n) is 19.5. The van der Waals surface area contributed by atoms with Crippen LogP contribution in [0.15, 0.2) is 109 Å². The highest BCUT2D eigenvalue weighted by Crippen LogP contribution is 2.26. The van der Waals surface area contributed by atoms with Crippen molar-refractivity contribution >= 4 is 22.7 Å². The summed E-state index contributed by atoms with van der Waals surface area (Å²) < 4.78 is 11.6. The van der Waals surface area contributed by atoms with E-state index in [2.05, 4.69) is 0 Å². The Labute approximate surface area is 206 Å². The second-order valence-corrected chi connectivity index (χ2v) is 8.04. The molecule has 35 heavy (non-hydrogen) atoms. The number of ether oxygens (including phenoxy) is 2. The predicted octanol–water partition coefficient (Wildman–Crippen LogP) is 7.37. The Morgan fingerprint density at radius 1 is 0.429 bits per heavy atom. The highest BCUT2D eigenvalue weighted by atomic mass is 16.5. The van der Waals surface area contributed by atoms with Crippen molar-refractivity contribution < 1.29 is 19.9 Å². The van der Waals surface area contributed by atoms with Crippen LogP contribution in [0.2, 0.25) is 0 Å². The van der Waals surface area contributed by atoms with Gasteiger partial charge in [-0.1, -0.05) is 36.4 Å². The van der Waals surface area contributed by atoms with E-state index in [0.29, 0.717) is 36.0 Å². The SMILES string of the molecule is ON(c1ccccc1)c1ccc(OCCCCCOc2ccc(N(O)c3ccccc3)cc2)cc1. The van der Waals surface area contributed by atoms with Crippen LogP contribution in [-0.4, -0.2) is 23.6 Å². The Morgan fingerprint density at radius 3 is 1.14 bits per heavy atom. The molecule has 0 atom stereocenters. The number of benzene rings is 4. The van der Waals surface area contributed by atoms with E-state index >= 15 is 0 Å². The third-order valence-electron chi connectivity index (χ3n) is 5.49. The van der Waals surface area contributed by atoms with E-state index in [9.17, 15) is 10.4 Å². The standard InChI is InChI=1S/C29H30N2O4/c32-30(24-10-4-1-5-11-24)26-14-18-28(19-15-26)34-22-8-3-9-23-35-29-20-16-27(17-21-29)31(33)25-12-6-2-7-13-25/h1-2,4-7,10-21,32-33H,3,8-9,22-23H2. The third kappa shape index (κ3) is 6.99. The Bertz CT molecular complexity index is 1040. The van der Waals surface area contributed by atoms with Gasteiger partial charge in [0.2, 0.25) is 0 Å². The molecule has 0 aromatic heterocycles. The van der Waals surface area contributed by atoms with Crippen molar-refractivity contribution in [2.75, 3.05) is 23.3 Å². The Morgan fingerprint density at radius 2 is 0.771 bits per heavy atom. The van der Waals surface area contributed by atoms with E-state index in [1.54, 1.807) is 0 Å². The fourth-order valence-corrected chi connectivity index (χ4v) is 3.56. The summed E-state index contributed by atoms with van der Waals surface area (Å²) in [7, 11) is 0. The fraction of sp³-hybridized carbons (Fsp3) is 0.172. The summed E-state index contributed by atoms with van der Waals surface area (Å²) in [5.41, 5.74) is 2.78. The molecular formula is C29H30N2O4. The Hall–Kier alpha value is -4.00. The van der Waals surface area contributed by atoms with Crippen LogP contribution >= 0.6 is 0 Å². The van der Waals surface area contributed by atoms with Crippen LogP contribution in [0.1, 0.15) is 19.3 Å². The van der Waals surface area contributed by atoms with E-state index in [1.165, 1.54) is 0 Å². The summed E-state index contributed by atoms with van der Waals surface area (Å²) in [5.74, 6) is 1.56. The normalized spacial score (nSPS) is 10.6. The largest absolute Gasteiger partial charge is 0.494 e. The quantitative estimate of drug-likeness (QED) is 0.166. The van der Waals surface area contributed by atoms with E-state index in [1.807, 2.05) is 109 Å². The van der Waals surface area contributed by atoms with Crippen molar-refractivity contribution in [3.63, 3.8) is 0 Å². The third-order valence-corrected chi connectivity index (χ3v) is 5.49. The molecule has 0 amide bonds. The maximum Gasteiger partial charge on any atom is 0.119 e. The number of hydrogen-bond donors (Lipinski definition) is 2. The molecular weight excluding hydrogens is 440 g/mol. The molecule has 6 heteroatoms. The minimum Gasteiger partial charge on any atom is -0.494 e. The second-order valence-electron chi connectivity index (χ2n) is 8.04. The van der Waals surface area contributed by atoms with E-state index in [-0.39, 0.29) is 0 Å². The maximum absolute atomic E-state index is 10.3. The zero-order valence-corrected chi connectivity index (χ0v) is 19.5. The minimum absolute atomic E-state index is 0.626. The Kier molecular flexibility index (Phi) is 8.59. The molecule has 2 N–H and O–H groups in total. The average Bonchev–Trinajstić information content (AvgIpc) is 2.93. The highest BCUT2D eigenvalue weighted by Gasteiger charge is 2.07. The van der Waals surface area contributed by atoms with Gasteiger partial charge in [-0.2, -0.15) is 0 Å². The molecule has 0 fully saturated rings. The number of hydrogen-bond acceptors (Lipinski definition) is 6. The lowest BCUT2D eigenvalue weighted by atomic mass is 10.2. The van der Waals surface area contributed by atoms with Crippen LogP contribution in [0.3, 0.4) is 0 Å². The molecule has 0 heterocycles. The topological polar surface area (TPSA) is 65.4 Å². The number of unbranched alkanes of at least 4 members (excludes halogenated alkanes) is 2. The van der Waals surface area contributed by atoms with Gasteiger partial charge in [0, 0.05) is 0 Å². The minimum atomic E-state index is 0.626. The van der Waals surface area contributed by atoms with Crippen molar-refractivity contribution in [1.29, 1.82) is 0 Å². The molecule has 0 aliphatic carbocycles. The second kappa shape index (κ2) is 12.5. The first-order chi connectivity index (χ1) is 17.2. The van der Waals surface area contributed by atoms with Crippen LogP contribution in [0, 0.1) is 0 Å². The summed E-state index contributed by atoms with van der Waals surface area (Å²) >= 11 is 0. The first kappa shape index (κ1) is 24.1. The van der Waals surface area contributed by atoms with Crippen LogP contribution in [-0.2, 0) is 0 Å². The van der Waals surface area contributed by atoms with E-state index in [4.69, 9.17) is 9.47 Å². The number of para-hydroxylation sites is 2. The predicted molar refractivity (Wildman–Crippen MR) is 138 cm³/mol. The molecule has 0 bridgehead atoms. The van der Waals surface area contributed by atoms with Gasteiger partial charge in [0.1, 0.15) is 11.5 Å². The van der Waals surface area contributed by atoms with Gasteiger partial charge in [-0.25, -0.2) is 10.1 Å². The van der Waals surface area contributed by atoms with Gasteiger partial charge < -0.3 is 9.47 Å². The number of rotatable bonds is 12. The lowest BCUT2D eigenvalue weighted by Crippen LogP contribution is -2.10. The fourth-order valence-electron chi connectivity index (χ4n) is 3.56. The van der Waals surface area contributed by atoms with Gasteiger partial charge in [-0.15, -0.1) is 0 Å². The van der Waals surface area contributed by atoms with E-state index < -0.39 is 0 Å². The van der Waals surface area contributed by atoms with Crippen molar-refractivity contribution in [2.45, 2.75) is 19.3 Å². The van der Waals surface area contributed by atoms with Gasteiger partial charge in [-0.05, 0) is 92.1 Å². The maximum atomic E-state index is 10.3. The monoisotopic (exact) mass is 470 g/mol. The molecule has 6 nitrogen and oxygen atoms in total. The molecule has 180 valence electrons. The van der Waals surface area contributed by atoms with Crippen molar-refractivity contribution in [3.05, 3.63) is 109 Å². The van der Waals surface area contributed by atoms with Crippen molar-refractivity contribution in [1.82, 2.24) is 0 Å². The van der Waals surface area contributed by atoms with Gasteiger partial charge in [-0.3, -0.25) is 10.4 Å². The highest BCUT2D eigenvalue weighted by molar-refractivity contribution is 5.61. The Balaban J connectivity index is 1.11. The van der Waals surface area contributed by atoms with Gasteiger partial charge >= 0.3 is 0 Å². The summed E-state index contributed by atoms with van der Waals surface area (Å²) in [6.07, 6.45) is 2.85. The summed E-state index contributed by atoms with van der Waals surface area (Å²) in [6.45, 7) is 1.25. The van der Waals surface area contributed by atoms with Crippen LogP contribution < -0.4 is 19.6 Å². The molecule has 0 unspecified atom stereocenters. The van der Waals surface area contributed by atoms with Gasteiger partial charge in [0.15, 0.2) is 0 Å². The molecule has 0 aliphatic rings. The first-order valence-electron chi connectivity index (χ1n) is 11.7. The molecule has 0 radical (unpaired) electrons. The van der Waals surface area contributed by atoms with Crippen molar-refractivity contribution in [2.24, 2.45) is 0 Å². The molecule has 4 aromatic carbocycles. The van der Waals surface area contributed by atoms with E-state index in [0.717, 1.165) is 40.9 Å². The molecule has 4 aromatic rings. The number of nitrogens with zero attached hydrogens (tertiary/aromatic N) is 2. The smallest absolute Gasteiger partial charge is 0.119 e. The van der Waals surface area contributed by atoms with Gasteiger partial charge in [0.05, 0.1) is 36.0 Å². The van der Waals surface area contributed by atoms with Gasteiger partial charge in [0.25, 0.3) is 0 Å². The van der Waals surface area contributed by atoms with Crippen LogP contribution in [0.25, 0.3) is 0 Å².